The van der Waals surface area contributed by atoms with Crippen LogP contribution in [0.4, 0.5) is 13.2 Å². The first-order chi connectivity index (χ1) is 13.3. The molecular formula is C19H25Cl3F3N5. The maximum atomic E-state index is 12.9. The lowest BCUT2D eigenvalue weighted by Crippen LogP contribution is -2.47. The number of halogens is 6. The van der Waals surface area contributed by atoms with Gasteiger partial charge in [0.2, 0.25) is 0 Å². The predicted octanol–water partition coefficient (Wildman–Crippen LogP) is 4.45. The molecule has 0 spiro atoms. The van der Waals surface area contributed by atoms with Gasteiger partial charge in [-0.15, -0.1) is 29.9 Å². The zero-order valence-electron chi connectivity index (χ0n) is 16.2. The molecule has 1 saturated carbocycles. The molecular weight excluding hydrogens is 462 g/mol. The maximum absolute atomic E-state index is 12.9. The molecule has 0 atom stereocenters. The normalized spacial score (nSPS) is 24.5. The summed E-state index contributed by atoms with van der Waals surface area (Å²) in [4.78, 5) is 5.96. The summed E-state index contributed by atoms with van der Waals surface area (Å²) in [5.41, 5.74) is 7.26. The molecule has 0 radical (unpaired) electrons. The van der Waals surface area contributed by atoms with E-state index in [0.717, 1.165) is 25.7 Å². The highest BCUT2D eigenvalue weighted by molar-refractivity contribution is 6.30. The van der Waals surface area contributed by atoms with Crippen LogP contribution in [0.1, 0.15) is 42.9 Å². The predicted molar refractivity (Wildman–Crippen MR) is 114 cm³/mol. The smallest absolute Gasteiger partial charge is 0.330 e. The van der Waals surface area contributed by atoms with Crippen LogP contribution < -0.4 is 5.73 Å². The van der Waals surface area contributed by atoms with Crippen molar-refractivity contribution in [2.24, 2.45) is 5.73 Å². The third-order valence-electron chi connectivity index (χ3n) is 6.20. The summed E-state index contributed by atoms with van der Waals surface area (Å²) in [7, 11) is 0. The summed E-state index contributed by atoms with van der Waals surface area (Å²) in [5.74, 6) is -0.653. The van der Waals surface area contributed by atoms with Crippen LogP contribution in [0.3, 0.4) is 0 Å². The van der Waals surface area contributed by atoms with Gasteiger partial charge in [-0.3, -0.25) is 4.90 Å². The van der Waals surface area contributed by atoms with Crippen molar-refractivity contribution in [2.45, 2.75) is 56.4 Å². The maximum Gasteiger partial charge on any atom is 0.453 e. The highest BCUT2D eigenvalue weighted by Crippen LogP contribution is 2.41. The molecule has 2 aromatic rings. The van der Waals surface area contributed by atoms with E-state index in [1.807, 2.05) is 18.2 Å². The molecule has 1 aliphatic carbocycles. The fourth-order valence-corrected chi connectivity index (χ4v) is 4.73. The zero-order chi connectivity index (χ0) is 19.9. The largest absolute Gasteiger partial charge is 0.453 e. The van der Waals surface area contributed by atoms with E-state index < -0.39 is 12.0 Å². The molecule has 0 amide bonds. The number of hydrogen-bond acceptors (Lipinski definition) is 4. The molecule has 4 rings (SSSR count). The molecule has 1 aromatic heterocycles. The molecule has 2 N–H and O–H groups in total. The number of nitrogens with two attached hydrogens (primary N) is 1. The average Bonchev–Trinajstić information content (AvgIpc) is 3.12. The first-order valence-corrected chi connectivity index (χ1v) is 9.90. The van der Waals surface area contributed by atoms with E-state index in [1.54, 1.807) is 0 Å². The second kappa shape index (κ2) is 9.61. The Kier molecular flexibility index (Phi) is 8.07. The Morgan fingerprint density at radius 2 is 1.87 bits per heavy atom. The molecule has 0 unspecified atom stereocenters. The van der Waals surface area contributed by atoms with E-state index in [2.05, 4.69) is 21.0 Å². The van der Waals surface area contributed by atoms with Crippen LogP contribution in [0.5, 0.6) is 0 Å². The molecule has 1 aromatic carbocycles. The van der Waals surface area contributed by atoms with Gasteiger partial charge in [0.15, 0.2) is 0 Å². The van der Waals surface area contributed by atoms with Crippen molar-refractivity contribution >= 4 is 36.4 Å². The number of nitrogens with zero attached hydrogens (tertiary/aromatic N) is 4. The lowest BCUT2D eigenvalue weighted by Gasteiger charge is -2.44. The number of fused-ring (bicyclic) bond motifs is 1. The second-order valence-corrected chi connectivity index (χ2v) is 8.21. The van der Waals surface area contributed by atoms with E-state index in [0.29, 0.717) is 43.1 Å². The minimum absolute atomic E-state index is 0. The van der Waals surface area contributed by atoms with Gasteiger partial charge in [-0.1, -0.05) is 23.7 Å². The lowest BCUT2D eigenvalue weighted by atomic mass is 9.68. The Labute approximate surface area is 191 Å². The molecule has 0 bridgehead atoms. The minimum Gasteiger partial charge on any atom is -0.330 e. The fraction of sp³-hybridized carbons (Fsp3) is 0.579. The van der Waals surface area contributed by atoms with Gasteiger partial charge >= 0.3 is 6.18 Å². The SMILES string of the molecule is Cl.Cl.NC[C@]1(c2cccc(Cl)c2)CC[C@H](N2CCn3nc(C(F)(F)F)nc3C2)CC1. The van der Waals surface area contributed by atoms with Crippen LogP contribution in [-0.2, 0) is 24.7 Å². The van der Waals surface area contributed by atoms with Gasteiger partial charge in [0.25, 0.3) is 5.82 Å². The van der Waals surface area contributed by atoms with Crippen molar-refractivity contribution < 1.29 is 13.2 Å². The molecule has 2 heterocycles. The topological polar surface area (TPSA) is 60.0 Å². The first kappa shape index (κ1) is 25.2. The summed E-state index contributed by atoms with van der Waals surface area (Å²) in [6.45, 7) is 2.08. The Bertz CT molecular complexity index is 850. The van der Waals surface area contributed by atoms with Crippen molar-refractivity contribution in [2.75, 3.05) is 13.1 Å². The number of benzene rings is 1. The van der Waals surface area contributed by atoms with Crippen LogP contribution in [0.2, 0.25) is 5.02 Å². The van der Waals surface area contributed by atoms with Crippen LogP contribution in [-0.4, -0.2) is 38.8 Å². The van der Waals surface area contributed by atoms with Crippen LogP contribution in [0, 0.1) is 0 Å². The molecule has 5 nitrogen and oxygen atoms in total. The van der Waals surface area contributed by atoms with Crippen molar-refractivity contribution in [3.8, 4) is 0 Å². The van der Waals surface area contributed by atoms with Crippen LogP contribution in [0.15, 0.2) is 24.3 Å². The van der Waals surface area contributed by atoms with Gasteiger partial charge in [-0.2, -0.15) is 13.2 Å². The van der Waals surface area contributed by atoms with Gasteiger partial charge in [0, 0.05) is 29.6 Å². The van der Waals surface area contributed by atoms with Crippen molar-refractivity contribution in [3.05, 3.63) is 46.5 Å². The average molecular weight is 487 g/mol. The van der Waals surface area contributed by atoms with E-state index in [1.165, 1.54) is 10.2 Å². The summed E-state index contributed by atoms with van der Waals surface area (Å²) in [6.07, 6.45) is -0.733. The van der Waals surface area contributed by atoms with E-state index in [9.17, 15) is 13.2 Å². The molecule has 1 aliphatic heterocycles. The summed E-state index contributed by atoms with van der Waals surface area (Å²) >= 11 is 6.17. The summed E-state index contributed by atoms with van der Waals surface area (Å²) < 4.78 is 40.0. The molecule has 2 aliphatic rings. The molecule has 30 heavy (non-hydrogen) atoms. The summed E-state index contributed by atoms with van der Waals surface area (Å²) in [5, 5.41) is 4.32. The van der Waals surface area contributed by atoms with Crippen molar-refractivity contribution in [3.63, 3.8) is 0 Å². The Hall–Kier alpha value is -1.06. The number of aromatic nitrogens is 3. The van der Waals surface area contributed by atoms with Crippen LogP contribution in [0.25, 0.3) is 0 Å². The van der Waals surface area contributed by atoms with Crippen molar-refractivity contribution in [1.82, 2.24) is 19.7 Å². The first-order valence-electron chi connectivity index (χ1n) is 9.52. The molecule has 0 saturated heterocycles. The third-order valence-corrected chi connectivity index (χ3v) is 6.44. The Balaban J connectivity index is 0.00000160. The standard InChI is InChI=1S/C19H23ClF3N5.2ClH/c20-14-3-1-2-13(10-14)18(12-24)6-4-15(5-7-18)27-8-9-28-16(11-27)25-17(26-28)19(21,22)23;;/h1-3,10,15H,4-9,11-12,24H2;2*1H/t15-,18-;;. The zero-order valence-corrected chi connectivity index (χ0v) is 18.6. The van der Waals surface area contributed by atoms with Gasteiger partial charge in [-0.25, -0.2) is 9.67 Å². The fourth-order valence-electron chi connectivity index (χ4n) is 4.54. The lowest BCUT2D eigenvalue weighted by molar-refractivity contribution is -0.145. The van der Waals surface area contributed by atoms with E-state index in [-0.39, 0.29) is 30.2 Å². The number of rotatable bonds is 3. The van der Waals surface area contributed by atoms with Gasteiger partial charge in [0.05, 0.1) is 13.1 Å². The quantitative estimate of drug-likeness (QED) is 0.696. The molecule has 1 fully saturated rings. The molecule has 11 heteroatoms. The Morgan fingerprint density at radius 1 is 1.17 bits per heavy atom. The highest BCUT2D eigenvalue weighted by atomic mass is 35.5. The van der Waals surface area contributed by atoms with E-state index in [4.69, 9.17) is 17.3 Å². The van der Waals surface area contributed by atoms with Crippen molar-refractivity contribution in [1.29, 1.82) is 0 Å². The minimum atomic E-state index is -4.50. The number of hydrogen-bond donors (Lipinski definition) is 1. The molecule has 168 valence electrons. The van der Waals surface area contributed by atoms with E-state index >= 15 is 0 Å². The van der Waals surface area contributed by atoms with Crippen LogP contribution >= 0.6 is 36.4 Å². The van der Waals surface area contributed by atoms with Gasteiger partial charge in [-0.05, 0) is 43.4 Å². The van der Waals surface area contributed by atoms with Gasteiger partial charge in [0.1, 0.15) is 5.82 Å². The number of alkyl halides is 3. The Morgan fingerprint density at radius 3 is 2.47 bits per heavy atom. The monoisotopic (exact) mass is 485 g/mol. The summed E-state index contributed by atoms with van der Waals surface area (Å²) in [6, 6.07) is 8.22. The second-order valence-electron chi connectivity index (χ2n) is 7.77. The highest BCUT2D eigenvalue weighted by Gasteiger charge is 2.40. The third kappa shape index (κ3) is 4.88. The van der Waals surface area contributed by atoms with Gasteiger partial charge < -0.3 is 5.73 Å².